The Balaban J connectivity index is 2.39. The number of piperazine rings is 1. The van der Waals surface area contributed by atoms with E-state index in [0.29, 0.717) is 6.54 Å². The molecule has 1 fully saturated rings. The van der Waals surface area contributed by atoms with E-state index < -0.39 is 0 Å². The molecule has 0 spiro atoms. The van der Waals surface area contributed by atoms with Gasteiger partial charge in [-0.15, -0.1) is 0 Å². The van der Waals surface area contributed by atoms with Gasteiger partial charge in [0.05, 0.1) is 6.61 Å². The van der Waals surface area contributed by atoms with Crippen molar-refractivity contribution in [3.8, 4) is 0 Å². The Morgan fingerprint density at radius 2 is 2.55 bits per heavy atom. The molecule has 0 bridgehead atoms. The maximum atomic E-state index is 10.8. The van der Waals surface area contributed by atoms with Crippen molar-refractivity contribution in [2.45, 2.75) is 6.04 Å². The van der Waals surface area contributed by atoms with Gasteiger partial charge in [0.25, 0.3) is 0 Å². The van der Waals surface area contributed by atoms with Gasteiger partial charge in [-0.2, -0.15) is 0 Å². The summed E-state index contributed by atoms with van der Waals surface area (Å²) >= 11 is 0. The maximum absolute atomic E-state index is 10.8. The van der Waals surface area contributed by atoms with E-state index >= 15 is 0 Å². The minimum absolute atomic E-state index is 0.00458. The number of nitrogens with zero attached hydrogens (tertiary/aromatic N) is 1. The molecule has 2 atom stereocenters. The van der Waals surface area contributed by atoms with Gasteiger partial charge in [-0.1, -0.05) is 0 Å². The van der Waals surface area contributed by atoms with Crippen LogP contribution in [0.5, 0.6) is 0 Å². The molecule has 11 heavy (non-hydrogen) atoms. The number of carbonyl (C=O) groups is 1. The first kappa shape index (κ1) is 8.91. The molecule has 1 amide bonds. The van der Waals surface area contributed by atoms with Crippen LogP contribution in [0.4, 0.5) is 4.79 Å². The van der Waals surface area contributed by atoms with Crippen molar-refractivity contribution in [1.82, 2.24) is 10.2 Å². The maximum Gasteiger partial charge on any atom is 0.237 e. The summed E-state index contributed by atoms with van der Waals surface area (Å²) < 4.78 is 0. The standard InChI is InChI=1S/C6H13N2O2P/c9-4-5-3-8(6(10)11)2-1-7-5/h5,7,9H,1-4,11H2. The van der Waals surface area contributed by atoms with Crippen molar-refractivity contribution < 1.29 is 9.90 Å². The highest BCUT2D eigenvalue weighted by molar-refractivity contribution is 7.39. The van der Waals surface area contributed by atoms with Crippen molar-refractivity contribution >= 4 is 14.9 Å². The highest BCUT2D eigenvalue weighted by Crippen LogP contribution is 2.03. The van der Waals surface area contributed by atoms with Crippen LogP contribution in [0, 0.1) is 0 Å². The number of carbonyl (C=O) groups excluding carboxylic acids is 1. The van der Waals surface area contributed by atoms with Gasteiger partial charge in [-0.05, 0) is 9.24 Å². The zero-order chi connectivity index (χ0) is 8.27. The van der Waals surface area contributed by atoms with Gasteiger partial charge in [0.1, 0.15) is 0 Å². The molecule has 1 aliphatic rings. The molecule has 5 heteroatoms. The van der Waals surface area contributed by atoms with Gasteiger partial charge in [-0.3, -0.25) is 4.79 Å². The number of hydrogen-bond acceptors (Lipinski definition) is 3. The molecule has 0 aromatic carbocycles. The summed E-state index contributed by atoms with van der Waals surface area (Å²) in [6, 6.07) is 0.0493. The predicted molar refractivity (Wildman–Crippen MR) is 45.6 cm³/mol. The van der Waals surface area contributed by atoms with Crippen LogP contribution in [0.1, 0.15) is 0 Å². The van der Waals surface area contributed by atoms with Crippen LogP contribution in [-0.2, 0) is 0 Å². The van der Waals surface area contributed by atoms with E-state index in [0.717, 1.165) is 13.1 Å². The van der Waals surface area contributed by atoms with Gasteiger partial charge < -0.3 is 15.3 Å². The number of amides is 1. The van der Waals surface area contributed by atoms with Crippen LogP contribution in [0.2, 0.25) is 0 Å². The molecule has 1 heterocycles. The lowest BCUT2D eigenvalue weighted by atomic mass is 10.2. The number of aliphatic hydroxyl groups is 1. The van der Waals surface area contributed by atoms with Gasteiger partial charge in [-0.25, -0.2) is 0 Å². The lowest BCUT2D eigenvalue weighted by Gasteiger charge is -2.31. The summed E-state index contributed by atoms with van der Waals surface area (Å²) in [5, 5.41) is 11.9. The lowest BCUT2D eigenvalue weighted by molar-refractivity contribution is 0.165. The zero-order valence-electron chi connectivity index (χ0n) is 6.29. The minimum Gasteiger partial charge on any atom is -0.395 e. The summed E-state index contributed by atoms with van der Waals surface area (Å²) in [6.07, 6.45) is 0. The van der Waals surface area contributed by atoms with Crippen LogP contribution >= 0.6 is 9.24 Å². The molecule has 1 aliphatic heterocycles. The highest BCUT2D eigenvalue weighted by atomic mass is 31.0. The van der Waals surface area contributed by atoms with E-state index in [9.17, 15) is 4.79 Å². The Kier molecular flexibility index (Phi) is 3.24. The monoisotopic (exact) mass is 176 g/mol. The number of rotatable bonds is 1. The lowest BCUT2D eigenvalue weighted by Crippen LogP contribution is -2.52. The van der Waals surface area contributed by atoms with Crippen LogP contribution in [0.15, 0.2) is 0 Å². The first-order valence-corrected chi connectivity index (χ1v) is 4.20. The molecule has 0 aromatic heterocycles. The molecule has 64 valence electrons. The zero-order valence-corrected chi connectivity index (χ0v) is 7.44. The summed E-state index contributed by atoms with van der Waals surface area (Å²) in [7, 11) is 2.14. The van der Waals surface area contributed by atoms with Crippen molar-refractivity contribution in [3.05, 3.63) is 0 Å². The topological polar surface area (TPSA) is 52.6 Å². The average Bonchev–Trinajstić information content (AvgIpc) is 2.05. The van der Waals surface area contributed by atoms with E-state index in [1.807, 2.05) is 0 Å². The summed E-state index contributed by atoms with van der Waals surface area (Å²) in [6.45, 7) is 2.21. The Morgan fingerprint density at radius 1 is 1.82 bits per heavy atom. The third-order valence-corrected chi connectivity index (χ3v) is 2.15. The van der Waals surface area contributed by atoms with E-state index in [4.69, 9.17) is 5.11 Å². The molecule has 1 saturated heterocycles. The van der Waals surface area contributed by atoms with Gasteiger partial charge in [0, 0.05) is 25.7 Å². The van der Waals surface area contributed by atoms with Crippen molar-refractivity contribution in [2.24, 2.45) is 0 Å². The van der Waals surface area contributed by atoms with Crippen molar-refractivity contribution in [3.63, 3.8) is 0 Å². The fourth-order valence-electron chi connectivity index (χ4n) is 1.15. The highest BCUT2D eigenvalue weighted by Gasteiger charge is 2.19. The first-order chi connectivity index (χ1) is 5.24. The molecule has 0 radical (unpaired) electrons. The van der Waals surface area contributed by atoms with E-state index in [1.165, 1.54) is 0 Å². The molecule has 4 nitrogen and oxygen atoms in total. The number of aliphatic hydroxyl groups excluding tert-OH is 1. The normalized spacial score (nSPS) is 25.3. The van der Waals surface area contributed by atoms with Crippen LogP contribution in [0.3, 0.4) is 0 Å². The smallest absolute Gasteiger partial charge is 0.237 e. The second kappa shape index (κ2) is 4.00. The fourth-order valence-corrected chi connectivity index (χ4v) is 1.38. The van der Waals surface area contributed by atoms with Crippen LogP contribution < -0.4 is 5.32 Å². The SMILES string of the molecule is O=C(P)N1CCNC(CO)C1. The summed E-state index contributed by atoms with van der Waals surface area (Å²) in [5.74, 6) is 0. The second-order valence-corrected chi connectivity index (χ2v) is 3.11. The Hall–Kier alpha value is -0.180. The van der Waals surface area contributed by atoms with Crippen LogP contribution in [0.25, 0.3) is 0 Å². The van der Waals surface area contributed by atoms with E-state index in [2.05, 4.69) is 14.6 Å². The van der Waals surface area contributed by atoms with Crippen molar-refractivity contribution in [1.29, 1.82) is 0 Å². The Morgan fingerprint density at radius 3 is 3.09 bits per heavy atom. The third kappa shape index (κ3) is 2.40. The number of nitrogens with one attached hydrogen (secondary N) is 1. The summed E-state index contributed by atoms with van der Waals surface area (Å²) in [5.41, 5.74) is 0.00458. The van der Waals surface area contributed by atoms with E-state index in [-0.39, 0.29) is 18.3 Å². The quantitative estimate of drug-likeness (QED) is 0.517. The third-order valence-electron chi connectivity index (χ3n) is 1.79. The molecular weight excluding hydrogens is 163 g/mol. The molecule has 0 aliphatic carbocycles. The van der Waals surface area contributed by atoms with Gasteiger partial charge >= 0.3 is 0 Å². The predicted octanol–water partition coefficient (Wildman–Crippen LogP) is -0.752. The van der Waals surface area contributed by atoms with Gasteiger partial charge in [0.15, 0.2) is 0 Å². The van der Waals surface area contributed by atoms with E-state index in [1.54, 1.807) is 4.90 Å². The molecule has 1 rings (SSSR count). The van der Waals surface area contributed by atoms with Crippen molar-refractivity contribution in [2.75, 3.05) is 26.2 Å². The molecular formula is C6H13N2O2P. The molecule has 0 saturated carbocycles. The second-order valence-electron chi connectivity index (χ2n) is 2.62. The molecule has 0 aromatic rings. The summed E-state index contributed by atoms with van der Waals surface area (Å²) in [4.78, 5) is 12.6. The largest absolute Gasteiger partial charge is 0.395 e. The molecule has 2 unspecified atom stereocenters. The van der Waals surface area contributed by atoms with Crippen LogP contribution in [-0.4, -0.2) is 47.9 Å². The Labute approximate surface area is 68.2 Å². The Bertz CT molecular complexity index is 154. The first-order valence-electron chi connectivity index (χ1n) is 3.62. The molecule has 2 N–H and O–H groups in total. The average molecular weight is 176 g/mol. The number of hydrogen-bond donors (Lipinski definition) is 2. The van der Waals surface area contributed by atoms with Gasteiger partial charge in [0.2, 0.25) is 5.65 Å². The fraction of sp³-hybridized carbons (Fsp3) is 0.833. The minimum atomic E-state index is 0.00458.